The summed E-state index contributed by atoms with van der Waals surface area (Å²) in [5.74, 6) is 0.732. The van der Waals surface area contributed by atoms with E-state index in [0.717, 1.165) is 16.8 Å². The Labute approximate surface area is 133 Å². The van der Waals surface area contributed by atoms with Crippen molar-refractivity contribution in [3.63, 3.8) is 0 Å². The van der Waals surface area contributed by atoms with Crippen LogP contribution in [0.25, 0.3) is 0 Å². The number of ether oxygens (including phenoxy) is 3. The van der Waals surface area contributed by atoms with Crippen LogP contribution in [0.1, 0.15) is 22.7 Å². The molecule has 3 rings (SSSR count). The fourth-order valence-corrected chi connectivity index (χ4v) is 2.72. The van der Waals surface area contributed by atoms with E-state index in [4.69, 9.17) is 19.9 Å². The number of aromatic nitrogens is 2. The van der Waals surface area contributed by atoms with Crippen LogP contribution in [0.3, 0.4) is 0 Å². The number of H-pyrrole nitrogens is 1. The molecule has 1 aromatic carbocycles. The molecule has 1 aliphatic heterocycles. The first kappa shape index (κ1) is 14.9. The van der Waals surface area contributed by atoms with Crippen LogP contribution in [0.4, 0.5) is 0 Å². The molecule has 0 fully saturated rings. The molecule has 118 valence electrons. The number of methoxy groups -OCH3 is 2. The Kier molecular flexibility index (Phi) is 3.91. The van der Waals surface area contributed by atoms with Crippen molar-refractivity contribution in [2.45, 2.75) is 12.5 Å². The Morgan fingerprint density at radius 3 is 2.96 bits per heavy atom. The number of hydrogen-bond donors (Lipinski definition) is 2. The standard InChI is InChI=1S/C16H16N4O3/c1-21-8-12-14-13(9-4-3-5-10(6-9)22-2)11(7-17)15(18)23-16(14)20-19-12/h3-6,13H,8,18H2,1-2H3,(H,19,20)/t13-/m0/s1. The Bertz CT molecular complexity index is 804. The summed E-state index contributed by atoms with van der Waals surface area (Å²) in [6, 6.07) is 9.64. The molecule has 0 saturated heterocycles. The van der Waals surface area contributed by atoms with E-state index in [9.17, 15) is 5.26 Å². The van der Waals surface area contributed by atoms with Crippen molar-refractivity contribution in [1.29, 1.82) is 5.26 Å². The third kappa shape index (κ3) is 2.49. The van der Waals surface area contributed by atoms with Crippen molar-refractivity contribution >= 4 is 0 Å². The van der Waals surface area contributed by atoms with Gasteiger partial charge in [0, 0.05) is 7.11 Å². The van der Waals surface area contributed by atoms with E-state index in [0.29, 0.717) is 23.8 Å². The lowest BCUT2D eigenvalue weighted by Crippen LogP contribution is -2.21. The first-order valence-electron chi connectivity index (χ1n) is 6.97. The Morgan fingerprint density at radius 2 is 2.26 bits per heavy atom. The first-order valence-corrected chi connectivity index (χ1v) is 6.97. The maximum absolute atomic E-state index is 9.54. The number of benzene rings is 1. The minimum Gasteiger partial charge on any atom is -0.497 e. The van der Waals surface area contributed by atoms with Gasteiger partial charge >= 0.3 is 0 Å². The fraction of sp³-hybridized carbons (Fsp3) is 0.250. The molecule has 7 nitrogen and oxygen atoms in total. The van der Waals surface area contributed by atoms with Gasteiger partial charge in [-0.25, -0.2) is 0 Å². The zero-order valence-corrected chi connectivity index (χ0v) is 12.8. The quantitative estimate of drug-likeness (QED) is 0.891. The second-order valence-corrected chi connectivity index (χ2v) is 5.06. The lowest BCUT2D eigenvalue weighted by Gasteiger charge is -2.24. The molecule has 23 heavy (non-hydrogen) atoms. The molecule has 0 aliphatic carbocycles. The van der Waals surface area contributed by atoms with Crippen LogP contribution in [0, 0.1) is 11.3 Å². The molecule has 1 aromatic heterocycles. The van der Waals surface area contributed by atoms with Crippen molar-refractivity contribution in [2.24, 2.45) is 5.73 Å². The lowest BCUT2D eigenvalue weighted by atomic mass is 9.84. The molecule has 7 heteroatoms. The van der Waals surface area contributed by atoms with Crippen LogP contribution in [0.15, 0.2) is 35.7 Å². The van der Waals surface area contributed by atoms with Gasteiger partial charge in [-0.15, -0.1) is 5.10 Å². The monoisotopic (exact) mass is 312 g/mol. The third-order valence-electron chi connectivity index (χ3n) is 3.73. The number of nitriles is 1. The van der Waals surface area contributed by atoms with Crippen molar-refractivity contribution < 1.29 is 14.2 Å². The molecule has 3 N–H and O–H groups in total. The smallest absolute Gasteiger partial charge is 0.244 e. The molecule has 0 radical (unpaired) electrons. The molecule has 0 amide bonds. The van der Waals surface area contributed by atoms with Crippen molar-refractivity contribution in [3.05, 3.63) is 52.5 Å². The summed E-state index contributed by atoms with van der Waals surface area (Å²) >= 11 is 0. The molecular weight excluding hydrogens is 296 g/mol. The van der Waals surface area contributed by atoms with Crippen molar-refractivity contribution in [2.75, 3.05) is 14.2 Å². The topological polar surface area (TPSA) is 106 Å². The van der Waals surface area contributed by atoms with Crippen LogP contribution in [-0.4, -0.2) is 24.4 Å². The zero-order valence-electron chi connectivity index (χ0n) is 12.8. The van der Waals surface area contributed by atoms with Crippen LogP contribution in [0.2, 0.25) is 0 Å². The highest BCUT2D eigenvalue weighted by Crippen LogP contribution is 2.43. The van der Waals surface area contributed by atoms with E-state index in [2.05, 4.69) is 16.3 Å². The number of nitrogens with one attached hydrogen (secondary N) is 1. The molecule has 2 heterocycles. The highest BCUT2D eigenvalue weighted by atomic mass is 16.5. The third-order valence-corrected chi connectivity index (χ3v) is 3.73. The molecule has 0 unspecified atom stereocenters. The fourth-order valence-electron chi connectivity index (χ4n) is 2.72. The average Bonchev–Trinajstić information content (AvgIpc) is 2.96. The molecular formula is C16H16N4O3. The number of rotatable bonds is 4. The summed E-state index contributed by atoms with van der Waals surface area (Å²) < 4.78 is 16.0. The summed E-state index contributed by atoms with van der Waals surface area (Å²) in [7, 11) is 3.19. The highest BCUT2D eigenvalue weighted by Gasteiger charge is 2.35. The van der Waals surface area contributed by atoms with Gasteiger partial charge in [-0.1, -0.05) is 12.1 Å². The van der Waals surface area contributed by atoms with E-state index in [1.54, 1.807) is 14.2 Å². The number of aromatic amines is 1. The molecule has 1 atom stereocenters. The second-order valence-electron chi connectivity index (χ2n) is 5.06. The van der Waals surface area contributed by atoms with Crippen LogP contribution >= 0.6 is 0 Å². The number of nitrogens with two attached hydrogens (primary N) is 1. The summed E-state index contributed by atoms with van der Waals surface area (Å²) in [6.07, 6.45) is 0. The minimum atomic E-state index is -0.386. The number of fused-ring (bicyclic) bond motifs is 1. The van der Waals surface area contributed by atoms with Gasteiger partial charge in [0.05, 0.1) is 30.9 Å². The number of allylic oxidation sites excluding steroid dienone is 1. The lowest BCUT2D eigenvalue weighted by molar-refractivity contribution is 0.180. The van der Waals surface area contributed by atoms with E-state index >= 15 is 0 Å². The van der Waals surface area contributed by atoms with Gasteiger partial charge in [0.25, 0.3) is 0 Å². The minimum absolute atomic E-state index is 0.0586. The Hall–Kier alpha value is -2.98. The maximum Gasteiger partial charge on any atom is 0.244 e. The highest BCUT2D eigenvalue weighted by molar-refractivity contribution is 5.55. The van der Waals surface area contributed by atoms with Gasteiger partial charge in [0.1, 0.15) is 17.4 Å². The van der Waals surface area contributed by atoms with Crippen molar-refractivity contribution in [3.8, 4) is 17.7 Å². The normalized spacial score (nSPS) is 16.5. The van der Waals surface area contributed by atoms with Crippen LogP contribution < -0.4 is 15.2 Å². The van der Waals surface area contributed by atoms with Gasteiger partial charge in [-0.05, 0) is 17.7 Å². The van der Waals surface area contributed by atoms with Crippen LogP contribution in [-0.2, 0) is 11.3 Å². The SMILES string of the molecule is COCc1[nH]nc2c1[C@@H](c1cccc(OC)c1)C(C#N)=C(N)O2. The van der Waals surface area contributed by atoms with Gasteiger partial charge in [-0.2, -0.15) is 5.26 Å². The first-order chi connectivity index (χ1) is 11.2. The predicted molar refractivity (Wildman–Crippen MR) is 81.6 cm³/mol. The maximum atomic E-state index is 9.54. The zero-order chi connectivity index (χ0) is 16.4. The summed E-state index contributed by atoms with van der Waals surface area (Å²) in [4.78, 5) is 0. The van der Waals surface area contributed by atoms with Gasteiger partial charge in [0.2, 0.25) is 11.8 Å². The van der Waals surface area contributed by atoms with Gasteiger partial charge in [-0.3, -0.25) is 5.10 Å². The van der Waals surface area contributed by atoms with Gasteiger partial charge < -0.3 is 19.9 Å². The average molecular weight is 312 g/mol. The van der Waals surface area contributed by atoms with E-state index < -0.39 is 0 Å². The summed E-state index contributed by atoms with van der Waals surface area (Å²) in [5, 5.41) is 16.6. The molecule has 0 bridgehead atoms. The van der Waals surface area contributed by atoms with E-state index in [1.165, 1.54) is 0 Å². The van der Waals surface area contributed by atoms with Crippen LogP contribution in [0.5, 0.6) is 11.6 Å². The van der Waals surface area contributed by atoms with E-state index in [1.807, 2.05) is 24.3 Å². The van der Waals surface area contributed by atoms with Crippen molar-refractivity contribution in [1.82, 2.24) is 10.2 Å². The molecule has 1 aliphatic rings. The summed E-state index contributed by atoms with van der Waals surface area (Å²) in [6.45, 7) is 0.324. The van der Waals surface area contributed by atoms with E-state index in [-0.39, 0.29) is 11.8 Å². The largest absolute Gasteiger partial charge is 0.497 e. The predicted octanol–water partition coefficient (Wildman–Crippen LogP) is 1.78. The molecule has 2 aromatic rings. The molecule has 0 saturated carbocycles. The Morgan fingerprint density at radius 1 is 1.43 bits per heavy atom. The number of nitrogens with zero attached hydrogens (tertiary/aromatic N) is 2. The number of hydrogen-bond acceptors (Lipinski definition) is 6. The van der Waals surface area contributed by atoms with Gasteiger partial charge in [0.15, 0.2) is 0 Å². The molecule has 0 spiro atoms. The summed E-state index contributed by atoms with van der Waals surface area (Å²) in [5.41, 5.74) is 8.61. The second kappa shape index (κ2) is 6.02. The Balaban J connectivity index is 2.19.